The number of hydrogen-bond donors (Lipinski definition) is 2. The van der Waals surface area contributed by atoms with Crippen LogP contribution < -0.4 is 19.5 Å². The van der Waals surface area contributed by atoms with Gasteiger partial charge in [0.15, 0.2) is 11.5 Å². The highest BCUT2D eigenvalue weighted by atomic mass is 32.2. The molecular weight excluding hydrogens is 448 g/mol. The number of fused-ring (bicyclic) bond motifs is 1. The summed E-state index contributed by atoms with van der Waals surface area (Å²) >= 11 is 1.10. The van der Waals surface area contributed by atoms with Gasteiger partial charge in [-0.3, -0.25) is 9.52 Å². The molecule has 1 amide bonds. The first-order valence-electron chi connectivity index (χ1n) is 9.54. The molecule has 32 heavy (non-hydrogen) atoms. The van der Waals surface area contributed by atoms with Crippen molar-refractivity contribution in [2.24, 2.45) is 0 Å². The van der Waals surface area contributed by atoms with E-state index in [2.05, 4.69) is 10.0 Å². The summed E-state index contributed by atoms with van der Waals surface area (Å²) in [5, 5.41) is 6.10. The maximum Gasteiger partial charge on any atom is 0.271 e. The van der Waals surface area contributed by atoms with Crippen molar-refractivity contribution >= 4 is 49.4 Å². The number of thiophene rings is 1. The maximum absolute atomic E-state index is 13.2. The van der Waals surface area contributed by atoms with Crippen molar-refractivity contribution in [3.8, 4) is 11.5 Å². The lowest BCUT2D eigenvalue weighted by Crippen LogP contribution is -2.18. The van der Waals surface area contributed by atoms with E-state index in [0.717, 1.165) is 22.1 Å². The quantitative estimate of drug-likeness (QED) is 0.399. The second-order valence-corrected chi connectivity index (χ2v) is 9.66. The lowest BCUT2D eigenvalue weighted by atomic mass is 10.0. The third-order valence-corrected chi connectivity index (χ3v) is 7.54. The number of nitrogens with one attached hydrogen (secondary N) is 2. The minimum Gasteiger partial charge on any atom is -0.493 e. The summed E-state index contributed by atoms with van der Waals surface area (Å²) in [5.41, 5.74) is 0.863. The van der Waals surface area contributed by atoms with Crippen LogP contribution in [0.25, 0.3) is 10.8 Å². The van der Waals surface area contributed by atoms with Gasteiger partial charge in [-0.2, -0.15) is 0 Å². The molecule has 0 bridgehead atoms. The SMILES string of the molecule is COc1ccc(NC(=O)c2cc3ccccc3cc2NS(=O)(=O)c2cccs2)cc1OC. The third kappa shape index (κ3) is 4.39. The Morgan fingerprint density at radius 2 is 1.59 bits per heavy atom. The fraction of sp³-hybridized carbons (Fsp3) is 0.0870. The van der Waals surface area contributed by atoms with E-state index in [0.29, 0.717) is 17.2 Å². The van der Waals surface area contributed by atoms with Crippen LogP contribution in [0, 0.1) is 0 Å². The molecule has 0 atom stereocenters. The highest BCUT2D eigenvalue weighted by Gasteiger charge is 2.21. The van der Waals surface area contributed by atoms with E-state index in [1.165, 1.54) is 20.3 Å². The predicted molar refractivity (Wildman–Crippen MR) is 127 cm³/mol. The molecule has 4 aromatic rings. The molecule has 0 fully saturated rings. The molecule has 0 saturated carbocycles. The van der Waals surface area contributed by atoms with Crippen LogP contribution in [0.15, 0.2) is 76.3 Å². The number of sulfonamides is 1. The molecule has 0 aliphatic carbocycles. The first kappa shape index (κ1) is 21.7. The molecular formula is C23H20N2O5S2. The molecule has 3 aromatic carbocycles. The van der Waals surface area contributed by atoms with Crippen LogP contribution in [0.2, 0.25) is 0 Å². The summed E-state index contributed by atoms with van der Waals surface area (Å²) < 4.78 is 38.9. The number of hydrogen-bond acceptors (Lipinski definition) is 6. The van der Waals surface area contributed by atoms with E-state index < -0.39 is 15.9 Å². The Bertz CT molecular complexity index is 1380. The zero-order valence-corrected chi connectivity index (χ0v) is 18.9. The average Bonchev–Trinajstić information content (AvgIpc) is 3.34. The van der Waals surface area contributed by atoms with Crippen molar-refractivity contribution in [3.05, 3.63) is 77.7 Å². The largest absolute Gasteiger partial charge is 0.493 e. The van der Waals surface area contributed by atoms with Crippen molar-refractivity contribution in [2.75, 3.05) is 24.3 Å². The summed E-state index contributed by atoms with van der Waals surface area (Å²) in [6.45, 7) is 0. The van der Waals surface area contributed by atoms with E-state index in [1.807, 2.05) is 24.3 Å². The van der Waals surface area contributed by atoms with Gasteiger partial charge >= 0.3 is 0 Å². The molecule has 1 aromatic heterocycles. The molecule has 1 heterocycles. The van der Waals surface area contributed by atoms with Crippen molar-refractivity contribution in [1.29, 1.82) is 0 Å². The lowest BCUT2D eigenvalue weighted by Gasteiger charge is -2.15. The van der Waals surface area contributed by atoms with Gasteiger partial charge in [-0.05, 0) is 46.5 Å². The van der Waals surface area contributed by atoms with Gasteiger partial charge in [-0.25, -0.2) is 8.42 Å². The summed E-state index contributed by atoms with van der Waals surface area (Å²) in [5.74, 6) is 0.523. The van der Waals surface area contributed by atoms with E-state index in [9.17, 15) is 13.2 Å². The second-order valence-electron chi connectivity index (χ2n) is 6.81. The van der Waals surface area contributed by atoms with Gasteiger partial charge in [0.1, 0.15) is 4.21 Å². The predicted octanol–water partition coefficient (Wildman–Crippen LogP) is 4.97. The van der Waals surface area contributed by atoms with Crippen LogP contribution in [0.4, 0.5) is 11.4 Å². The minimum atomic E-state index is -3.84. The molecule has 4 rings (SSSR count). The average molecular weight is 469 g/mol. The van der Waals surface area contributed by atoms with Crippen molar-refractivity contribution in [3.63, 3.8) is 0 Å². The van der Waals surface area contributed by atoms with Gasteiger partial charge in [0.05, 0.1) is 25.5 Å². The normalized spacial score (nSPS) is 11.2. The first-order valence-corrected chi connectivity index (χ1v) is 11.9. The first-order chi connectivity index (χ1) is 15.4. The van der Waals surface area contributed by atoms with E-state index >= 15 is 0 Å². The van der Waals surface area contributed by atoms with Crippen LogP contribution in [0.5, 0.6) is 11.5 Å². The maximum atomic E-state index is 13.2. The van der Waals surface area contributed by atoms with Crippen LogP contribution in [0.3, 0.4) is 0 Å². The molecule has 0 radical (unpaired) electrons. The van der Waals surface area contributed by atoms with Gasteiger partial charge in [0, 0.05) is 11.8 Å². The van der Waals surface area contributed by atoms with Crippen LogP contribution in [-0.2, 0) is 10.0 Å². The fourth-order valence-electron chi connectivity index (χ4n) is 3.24. The number of anilines is 2. The Morgan fingerprint density at radius 3 is 2.25 bits per heavy atom. The molecule has 0 aliphatic heterocycles. The lowest BCUT2D eigenvalue weighted by molar-refractivity contribution is 0.102. The Morgan fingerprint density at radius 1 is 0.875 bits per heavy atom. The van der Waals surface area contributed by atoms with Crippen molar-refractivity contribution < 1.29 is 22.7 Å². The standard InChI is InChI=1S/C23H20N2O5S2/c1-29-20-10-9-17(14-21(20)30-2)24-23(26)18-12-15-6-3-4-7-16(15)13-19(18)25-32(27,28)22-8-5-11-31-22/h3-14,25H,1-2H3,(H,24,26). The zero-order chi connectivity index (χ0) is 22.7. The summed E-state index contributed by atoms with van der Waals surface area (Å²) in [7, 11) is -0.806. The number of amides is 1. The van der Waals surface area contributed by atoms with Gasteiger partial charge in [0.2, 0.25) is 0 Å². The van der Waals surface area contributed by atoms with Crippen LogP contribution >= 0.6 is 11.3 Å². The Kier molecular flexibility index (Phi) is 6.02. The molecule has 0 aliphatic rings. The van der Waals surface area contributed by atoms with E-state index in [-0.39, 0.29) is 15.5 Å². The molecule has 164 valence electrons. The van der Waals surface area contributed by atoms with Gasteiger partial charge in [0.25, 0.3) is 15.9 Å². The second kappa shape index (κ2) is 8.89. The fourth-order valence-corrected chi connectivity index (χ4v) is 5.30. The molecule has 9 heteroatoms. The molecule has 0 unspecified atom stereocenters. The highest BCUT2D eigenvalue weighted by Crippen LogP contribution is 2.31. The molecule has 0 spiro atoms. The van der Waals surface area contributed by atoms with Crippen molar-refractivity contribution in [2.45, 2.75) is 4.21 Å². The number of methoxy groups -OCH3 is 2. The smallest absolute Gasteiger partial charge is 0.271 e. The van der Waals surface area contributed by atoms with E-state index in [4.69, 9.17) is 9.47 Å². The third-order valence-electron chi connectivity index (χ3n) is 4.78. The number of carbonyl (C=O) groups excluding carboxylic acids is 1. The minimum absolute atomic E-state index is 0.164. The number of ether oxygens (including phenoxy) is 2. The zero-order valence-electron chi connectivity index (χ0n) is 17.3. The molecule has 0 saturated heterocycles. The van der Waals surface area contributed by atoms with E-state index in [1.54, 1.807) is 41.8 Å². The molecule has 2 N–H and O–H groups in total. The highest BCUT2D eigenvalue weighted by molar-refractivity contribution is 7.94. The Labute approximate surface area is 189 Å². The summed E-state index contributed by atoms with van der Waals surface area (Å²) in [6.07, 6.45) is 0. The van der Waals surface area contributed by atoms with Crippen LogP contribution in [0.1, 0.15) is 10.4 Å². The Hall–Kier alpha value is -3.56. The number of carbonyl (C=O) groups is 1. The van der Waals surface area contributed by atoms with Crippen LogP contribution in [-0.4, -0.2) is 28.5 Å². The van der Waals surface area contributed by atoms with Crippen molar-refractivity contribution in [1.82, 2.24) is 0 Å². The van der Waals surface area contributed by atoms with Gasteiger partial charge in [-0.15, -0.1) is 11.3 Å². The monoisotopic (exact) mass is 468 g/mol. The van der Waals surface area contributed by atoms with Gasteiger partial charge in [-0.1, -0.05) is 30.3 Å². The van der Waals surface area contributed by atoms with Gasteiger partial charge < -0.3 is 14.8 Å². The number of benzene rings is 3. The number of rotatable bonds is 7. The summed E-state index contributed by atoms with van der Waals surface area (Å²) in [4.78, 5) is 13.2. The topological polar surface area (TPSA) is 93.7 Å². The Balaban J connectivity index is 1.73. The summed E-state index contributed by atoms with van der Waals surface area (Å²) in [6, 6.07) is 18.9. The molecule has 7 nitrogen and oxygen atoms in total.